The average molecular weight is 166 g/mol. The molecule has 0 spiro atoms. The molecule has 0 saturated heterocycles. The Kier molecular flexibility index (Phi) is 1.78. The molecule has 12 heavy (non-hydrogen) atoms. The normalized spacial score (nSPS) is 41.6. The molecule has 0 N–H and O–H groups in total. The first-order valence-electron chi connectivity index (χ1n) is 4.77. The summed E-state index contributed by atoms with van der Waals surface area (Å²) in [6, 6.07) is 0. The minimum absolute atomic E-state index is 0.205. The quantitative estimate of drug-likeness (QED) is 0.512. The van der Waals surface area contributed by atoms with Crippen LogP contribution in [0.2, 0.25) is 0 Å². The van der Waals surface area contributed by atoms with Crippen molar-refractivity contribution in [3.63, 3.8) is 0 Å². The minimum atomic E-state index is -0.297. The number of rotatable bonds is 0. The molecule has 2 heteroatoms. The topological polar surface area (TPSA) is 34.1 Å². The van der Waals surface area contributed by atoms with Gasteiger partial charge in [0.25, 0.3) is 0 Å². The maximum Gasteiger partial charge on any atom is 0.146 e. The van der Waals surface area contributed by atoms with E-state index in [1.165, 1.54) is 0 Å². The SMILES string of the molecule is CC1C(=O)C2CCCC(C2)C1=O. The molecule has 0 aromatic heterocycles. The number of hydrogen-bond acceptors (Lipinski definition) is 2. The fourth-order valence-electron chi connectivity index (χ4n) is 2.55. The molecule has 0 aliphatic heterocycles. The molecular weight excluding hydrogens is 152 g/mol. The average Bonchev–Trinajstić information content (AvgIpc) is 2.13. The molecule has 2 saturated carbocycles. The van der Waals surface area contributed by atoms with Crippen LogP contribution in [-0.4, -0.2) is 11.6 Å². The zero-order valence-electron chi connectivity index (χ0n) is 7.38. The first kappa shape index (κ1) is 7.96. The molecule has 0 radical (unpaired) electrons. The first-order valence-corrected chi connectivity index (χ1v) is 4.77. The summed E-state index contributed by atoms with van der Waals surface area (Å²) in [5.74, 6) is 0.550. The highest BCUT2D eigenvalue weighted by Crippen LogP contribution is 2.37. The van der Waals surface area contributed by atoms with Crippen LogP contribution in [0, 0.1) is 17.8 Å². The number of ketones is 2. The summed E-state index contributed by atoms with van der Waals surface area (Å²) in [4.78, 5) is 23.1. The van der Waals surface area contributed by atoms with E-state index >= 15 is 0 Å². The summed E-state index contributed by atoms with van der Waals surface area (Å²) < 4.78 is 0. The van der Waals surface area contributed by atoms with Crippen LogP contribution in [0.4, 0.5) is 0 Å². The molecule has 2 bridgehead atoms. The van der Waals surface area contributed by atoms with Gasteiger partial charge in [0.15, 0.2) is 0 Å². The lowest BCUT2D eigenvalue weighted by molar-refractivity contribution is -0.143. The Hall–Kier alpha value is -0.660. The molecule has 0 aromatic carbocycles. The van der Waals surface area contributed by atoms with Crippen molar-refractivity contribution in [3.8, 4) is 0 Å². The van der Waals surface area contributed by atoms with Gasteiger partial charge in [-0.2, -0.15) is 0 Å². The van der Waals surface area contributed by atoms with Crippen LogP contribution < -0.4 is 0 Å². The van der Waals surface area contributed by atoms with Gasteiger partial charge in [-0.15, -0.1) is 0 Å². The lowest BCUT2D eigenvalue weighted by atomic mass is 9.67. The number of hydrogen-bond donors (Lipinski definition) is 0. The molecule has 2 rings (SSSR count). The van der Waals surface area contributed by atoms with Crippen molar-refractivity contribution in [2.45, 2.75) is 32.6 Å². The largest absolute Gasteiger partial charge is 0.299 e. The molecule has 0 amide bonds. The van der Waals surface area contributed by atoms with E-state index in [4.69, 9.17) is 0 Å². The molecule has 0 heterocycles. The predicted molar refractivity (Wildman–Crippen MR) is 44.6 cm³/mol. The van der Waals surface area contributed by atoms with Crippen molar-refractivity contribution < 1.29 is 9.59 Å². The monoisotopic (exact) mass is 166 g/mol. The molecule has 66 valence electrons. The molecule has 0 aromatic rings. The van der Waals surface area contributed by atoms with Crippen molar-refractivity contribution in [1.29, 1.82) is 0 Å². The third kappa shape index (κ3) is 1.01. The number of carbonyl (C=O) groups excluding carboxylic acids is 2. The Morgan fingerprint density at radius 2 is 1.58 bits per heavy atom. The van der Waals surface area contributed by atoms with Crippen molar-refractivity contribution >= 4 is 11.6 Å². The zero-order valence-corrected chi connectivity index (χ0v) is 7.38. The summed E-state index contributed by atoms with van der Waals surface area (Å²) in [7, 11) is 0. The number of carbonyl (C=O) groups is 2. The number of fused-ring (bicyclic) bond motifs is 2. The molecule has 2 fully saturated rings. The number of Topliss-reactive ketones (excluding diaryl/α,β-unsaturated/α-hetero) is 2. The van der Waals surface area contributed by atoms with Gasteiger partial charge < -0.3 is 0 Å². The molecular formula is C10H14O2. The summed E-state index contributed by atoms with van der Waals surface area (Å²) in [6.07, 6.45) is 3.96. The fourth-order valence-corrected chi connectivity index (χ4v) is 2.55. The van der Waals surface area contributed by atoms with E-state index in [2.05, 4.69) is 0 Å². The van der Waals surface area contributed by atoms with E-state index in [1.54, 1.807) is 6.92 Å². The Labute approximate surface area is 72.3 Å². The second kappa shape index (κ2) is 2.68. The Morgan fingerprint density at radius 1 is 1.08 bits per heavy atom. The second-order valence-corrected chi connectivity index (χ2v) is 4.09. The fraction of sp³-hybridized carbons (Fsp3) is 0.800. The standard InChI is InChI=1S/C10H14O2/c1-6-9(11)7-3-2-4-8(5-7)10(6)12/h6-8H,2-5H2,1H3. The van der Waals surface area contributed by atoms with Gasteiger partial charge in [-0.3, -0.25) is 9.59 Å². The van der Waals surface area contributed by atoms with Gasteiger partial charge in [-0.25, -0.2) is 0 Å². The van der Waals surface area contributed by atoms with Gasteiger partial charge in [0, 0.05) is 11.8 Å². The van der Waals surface area contributed by atoms with Gasteiger partial charge in [-0.1, -0.05) is 6.42 Å². The molecule has 2 nitrogen and oxygen atoms in total. The molecule has 2 aliphatic rings. The van der Waals surface area contributed by atoms with E-state index in [1.807, 2.05) is 0 Å². The Morgan fingerprint density at radius 3 is 2.08 bits per heavy atom. The van der Waals surface area contributed by atoms with Gasteiger partial charge >= 0.3 is 0 Å². The second-order valence-electron chi connectivity index (χ2n) is 4.09. The summed E-state index contributed by atoms with van der Waals surface area (Å²) in [5, 5.41) is 0. The lowest BCUT2D eigenvalue weighted by Crippen LogP contribution is -2.42. The highest BCUT2D eigenvalue weighted by molar-refractivity contribution is 6.06. The van der Waals surface area contributed by atoms with Crippen LogP contribution in [-0.2, 0) is 9.59 Å². The van der Waals surface area contributed by atoms with Crippen LogP contribution in [0.15, 0.2) is 0 Å². The van der Waals surface area contributed by atoms with Gasteiger partial charge in [0.1, 0.15) is 11.6 Å². The van der Waals surface area contributed by atoms with Crippen molar-refractivity contribution in [3.05, 3.63) is 0 Å². The Balaban J connectivity index is 2.24. The highest BCUT2D eigenvalue weighted by atomic mass is 16.2. The zero-order chi connectivity index (χ0) is 8.72. The van der Waals surface area contributed by atoms with Crippen molar-refractivity contribution in [2.75, 3.05) is 0 Å². The highest BCUT2D eigenvalue weighted by Gasteiger charge is 2.42. The van der Waals surface area contributed by atoms with E-state index in [-0.39, 0.29) is 29.3 Å². The Bertz CT molecular complexity index is 210. The van der Waals surface area contributed by atoms with Gasteiger partial charge in [0.2, 0.25) is 0 Å². The smallest absolute Gasteiger partial charge is 0.146 e. The van der Waals surface area contributed by atoms with Crippen LogP contribution in [0.5, 0.6) is 0 Å². The van der Waals surface area contributed by atoms with E-state index in [0.717, 1.165) is 25.7 Å². The maximum atomic E-state index is 11.5. The summed E-state index contributed by atoms with van der Waals surface area (Å²) in [5.41, 5.74) is 0. The van der Waals surface area contributed by atoms with Crippen molar-refractivity contribution in [1.82, 2.24) is 0 Å². The van der Waals surface area contributed by atoms with Crippen LogP contribution in [0.1, 0.15) is 32.6 Å². The van der Waals surface area contributed by atoms with E-state index in [9.17, 15) is 9.59 Å². The molecule has 2 aliphatic carbocycles. The van der Waals surface area contributed by atoms with Crippen LogP contribution in [0.3, 0.4) is 0 Å². The summed E-state index contributed by atoms with van der Waals surface area (Å²) in [6.45, 7) is 1.77. The van der Waals surface area contributed by atoms with E-state index < -0.39 is 0 Å². The van der Waals surface area contributed by atoms with Crippen LogP contribution in [0.25, 0.3) is 0 Å². The van der Waals surface area contributed by atoms with Gasteiger partial charge in [0.05, 0.1) is 5.92 Å². The molecule has 2 unspecified atom stereocenters. The lowest BCUT2D eigenvalue weighted by Gasteiger charge is -2.35. The van der Waals surface area contributed by atoms with Gasteiger partial charge in [-0.05, 0) is 26.2 Å². The van der Waals surface area contributed by atoms with Crippen molar-refractivity contribution in [2.24, 2.45) is 17.8 Å². The minimum Gasteiger partial charge on any atom is -0.299 e. The van der Waals surface area contributed by atoms with Crippen LogP contribution >= 0.6 is 0 Å². The summed E-state index contributed by atoms with van der Waals surface area (Å²) >= 11 is 0. The maximum absolute atomic E-state index is 11.5. The third-order valence-electron chi connectivity index (χ3n) is 3.33. The third-order valence-corrected chi connectivity index (χ3v) is 3.33. The van der Waals surface area contributed by atoms with E-state index in [0.29, 0.717) is 0 Å². The first-order chi connectivity index (χ1) is 5.70. The molecule has 2 atom stereocenters. The predicted octanol–water partition coefficient (Wildman–Crippen LogP) is 1.58.